The number of amides is 3. The van der Waals surface area contributed by atoms with Gasteiger partial charge in [0.2, 0.25) is 0 Å². The molecule has 2 fully saturated rings. The zero-order valence-corrected chi connectivity index (χ0v) is 18.7. The van der Waals surface area contributed by atoms with Crippen LogP contribution in [0.25, 0.3) is 11.0 Å². The highest BCUT2D eigenvalue weighted by molar-refractivity contribution is 9.10. The summed E-state index contributed by atoms with van der Waals surface area (Å²) in [5.41, 5.74) is -0.606. The lowest BCUT2D eigenvalue weighted by Gasteiger charge is -2.34. The van der Waals surface area contributed by atoms with Crippen molar-refractivity contribution in [2.24, 2.45) is 5.92 Å². The van der Waals surface area contributed by atoms with Crippen LogP contribution in [0, 0.1) is 5.92 Å². The molecule has 1 saturated carbocycles. The van der Waals surface area contributed by atoms with Crippen LogP contribution >= 0.6 is 15.9 Å². The first-order valence-electron chi connectivity index (χ1n) is 10.3. The van der Waals surface area contributed by atoms with Gasteiger partial charge in [0.15, 0.2) is 0 Å². The van der Waals surface area contributed by atoms with Gasteiger partial charge in [0, 0.05) is 21.5 Å². The maximum Gasteiger partial charge on any atom is 0.336 e. The van der Waals surface area contributed by atoms with Crippen LogP contribution in [0.15, 0.2) is 37.9 Å². The zero-order valence-electron chi connectivity index (χ0n) is 17.1. The highest BCUT2D eigenvalue weighted by Crippen LogP contribution is 2.37. The molecule has 1 aromatic heterocycles. The van der Waals surface area contributed by atoms with Crippen molar-refractivity contribution < 1.29 is 23.5 Å². The second-order valence-electron chi connectivity index (χ2n) is 8.15. The number of urea groups is 1. The summed E-state index contributed by atoms with van der Waals surface area (Å²) in [6, 6.07) is 5.89. The quantitative estimate of drug-likeness (QED) is 0.390. The third-order valence-electron chi connectivity index (χ3n) is 6.25. The average Bonchev–Trinajstić information content (AvgIpc) is 2.96. The molecule has 164 valence electrons. The molecule has 1 aromatic carbocycles. The Kier molecular flexibility index (Phi) is 5.88. The Balaban J connectivity index is 1.42. The summed E-state index contributed by atoms with van der Waals surface area (Å²) in [7, 11) is 0. The van der Waals surface area contributed by atoms with E-state index in [2.05, 4.69) is 28.2 Å². The summed E-state index contributed by atoms with van der Waals surface area (Å²) in [6.45, 7) is 1.49. The summed E-state index contributed by atoms with van der Waals surface area (Å²) in [6.07, 6.45) is 3.98. The SMILES string of the molecule is CCC1CCC2(CC1)NC(=O)N(CC(=O)OCc1cc(=O)oc3cc(Br)ccc13)C2=O. The van der Waals surface area contributed by atoms with Gasteiger partial charge in [-0.1, -0.05) is 29.3 Å². The first kappa shape index (κ1) is 21.5. The minimum absolute atomic E-state index is 0.171. The van der Waals surface area contributed by atoms with E-state index < -0.39 is 29.7 Å². The summed E-state index contributed by atoms with van der Waals surface area (Å²) in [5.74, 6) is -0.519. The van der Waals surface area contributed by atoms with E-state index in [1.54, 1.807) is 18.2 Å². The summed E-state index contributed by atoms with van der Waals surface area (Å²) in [4.78, 5) is 50.5. The minimum atomic E-state index is -0.898. The van der Waals surface area contributed by atoms with Crippen LogP contribution in [0.2, 0.25) is 0 Å². The molecule has 0 atom stereocenters. The molecule has 4 rings (SSSR count). The number of halogens is 1. The summed E-state index contributed by atoms with van der Waals surface area (Å²) in [5, 5.41) is 3.44. The number of nitrogens with one attached hydrogen (secondary N) is 1. The van der Waals surface area contributed by atoms with E-state index >= 15 is 0 Å². The molecule has 2 aromatic rings. The Hall–Kier alpha value is -2.68. The molecular formula is C22H23BrN2O6. The second-order valence-corrected chi connectivity index (χ2v) is 9.06. The smallest absolute Gasteiger partial charge is 0.336 e. The zero-order chi connectivity index (χ0) is 22.2. The van der Waals surface area contributed by atoms with Gasteiger partial charge in [0.1, 0.15) is 24.3 Å². The highest BCUT2D eigenvalue weighted by atomic mass is 79.9. The molecule has 1 aliphatic heterocycles. The predicted octanol–water partition coefficient (Wildman–Crippen LogP) is 3.49. The third-order valence-corrected chi connectivity index (χ3v) is 6.74. The first-order chi connectivity index (χ1) is 14.8. The molecule has 1 aliphatic carbocycles. The van der Waals surface area contributed by atoms with Crippen molar-refractivity contribution in [3.63, 3.8) is 0 Å². The molecule has 9 heteroatoms. The molecule has 31 heavy (non-hydrogen) atoms. The van der Waals surface area contributed by atoms with E-state index in [1.807, 2.05) is 0 Å². The van der Waals surface area contributed by atoms with Gasteiger partial charge in [-0.25, -0.2) is 9.59 Å². The van der Waals surface area contributed by atoms with Crippen molar-refractivity contribution in [3.05, 3.63) is 44.7 Å². The van der Waals surface area contributed by atoms with Crippen LogP contribution in [0.4, 0.5) is 4.79 Å². The number of hydrogen-bond acceptors (Lipinski definition) is 6. The molecule has 1 N–H and O–H groups in total. The van der Waals surface area contributed by atoms with Crippen molar-refractivity contribution in [1.82, 2.24) is 10.2 Å². The lowest BCUT2D eigenvalue weighted by atomic mass is 9.75. The van der Waals surface area contributed by atoms with Crippen LogP contribution < -0.4 is 10.9 Å². The number of fused-ring (bicyclic) bond motifs is 1. The van der Waals surface area contributed by atoms with E-state index in [0.29, 0.717) is 35.3 Å². The molecule has 2 heterocycles. The van der Waals surface area contributed by atoms with Gasteiger partial charge in [-0.15, -0.1) is 0 Å². The van der Waals surface area contributed by atoms with Crippen LogP contribution in [-0.2, 0) is 20.9 Å². The van der Waals surface area contributed by atoms with Crippen LogP contribution in [0.3, 0.4) is 0 Å². The number of rotatable bonds is 5. The van der Waals surface area contributed by atoms with Gasteiger partial charge in [-0.05, 0) is 49.8 Å². The monoisotopic (exact) mass is 490 g/mol. The van der Waals surface area contributed by atoms with Crippen LogP contribution in [0.5, 0.6) is 0 Å². The Labute approximate surface area is 187 Å². The Morgan fingerprint density at radius 2 is 2.00 bits per heavy atom. The number of esters is 1. The van der Waals surface area contributed by atoms with E-state index in [4.69, 9.17) is 9.15 Å². The Bertz CT molecular complexity index is 1100. The number of nitrogens with zero attached hydrogens (tertiary/aromatic N) is 1. The van der Waals surface area contributed by atoms with E-state index in [0.717, 1.165) is 28.6 Å². The molecule has 0 bridgehead atoms. The number of carbonyl (C=O) groups excluding carboxylic acids is 3. The lowest BCUT2D eigenvalue weighted by Crippen LogP contribution is -2.49. The molecule has 2 aliphatic rings. The molecule has 0 unspecified atom stereocenters. The molecule has 0 radical (unpaired) electrons. The first-order valence-corrected chi connectivity index (χ1v) is 11.1. The molecular weight excluding hydrogens is 468 g/mol. The van der Waals surface area contributed by atoms with E-state index in [-0.39, 0.29) is 12.5 Å². The summed E-state index contributed by atoms with van der Waals surface area (Å²) >= 11 is 3.32. The van der Waals surface area contributed by atoms with Gasteiger partial charge in [-0.3, -0.25) is 14.5 Å². The van der Waals surface area contributed by atoms with Gasteiger partial charge in [0.25, 0.3) is 5.91 Å². The average molecular weight is 491 g/mol. The van der Waals surface area contributed by atoms with Crippen LogP contribution in [-0.4, -0.2) is 34.9 Å². The van der Waals surface area contributed by atoms with Crippen molar-refractivity contribution in [2.45, 2.75) is 51.2 Å². The highest BCUT2D eigenvalue weighted by Gasteiger charge is 2.52. The summed E-state index contributed by atoms with van der Waals surface area (Å²) < 4.78 is 11.2. The maximum absolute atomic E-state index is 12.9. The number of imide groups is 1. The number of carbonyl (C=O) groups is 3. The van der Waals surface area contributed by atoms with Crippen molar-refractivity contribution in [1.29, 1.82) is 0 Å². The lowest BCUT2D eigenvalue weighted by molar-refractivity contribution is -0.149. The standard InChI is InChI=1S/C22H23BrN2O6/c1-2-13-5-7-22(8-6-13)20(28)25(21(29)24-22)11-19(27)30-12-14-9-18(26)31-17-10-15(23)3-4-16(14)17/h3-4,9-10,13H,2,5-8,11-12H2,1H3,(H,24,29). The van der Waals surface area contributed by atoms with E-state index in [9.17, 15) is 19.2 Å². The fraction of sp³-hybridized carbons (Fsp3) is 0.455. The van der Waals surface area contributed by atoms with Gasteiger partial charge in [-0.2, -0.15) is 0 Å². The fourth-order valence-electron chi connectivity index (χ4n) is 4.39. The number of benzene rings is 1. The normalized spacial score (nSPS) is 23.4. The van der Waals surface area contributed by atoms with Crippen molar-refractivity contribution >= 4 is 44.8 Å². The number of ether oxygens (including phenoxy) is 1. The van der Waals surface area contributed by atoms with Crippen molar-refractivity contribution in [3.8, 4) is 0 Å². The Morgan fingerprint density at radius 1 is 1.26 bits per heavy atom. The van der Waals surface area contributed by atoms with Gasteiger partial charge < -0.3 is 14.5 Å². The van der Waals surface area contributed by atoms with Gasteiger partial charge >= 0.3 is 17.6 Å². The minimum Gasteiger partial charge on any atom is -0.459 e. The topological polar surface area (TPSA) is 106 Å². The Morgan fingerprint density at radius 3 is 2.71 bits per heavy atom. The van der Waals surface area contributed by atoms with Gasteiger partial charge in [0.05, 0.1) is 0 Å². The predicted molar refractivity (Wildman–Crippen MR) is 115 cm³/mol. The largest absolute Gasteiger partial charge is 0.459 e. The third kappa shape index (κ3) is 4.23. The molecule has 1 spiro atoms. The second kappa shape index (κ2) is 8.45. The number of hydrogen-bond donors (Lipinski definition) is 1. The molecule has 1 saturated heterocycles. The molecule has 8 nitrogen and oxygen atoms in total. The maximum atomic E-state index is 12.9. The molecule has 3 amide bonds. The van der Waals surface area contributed by atoms with E-state index in [1.165, 1.54) is 6.07 Å². The fourth-order valence-corrected chi connectivity index (χ4v) is 4.73. The van der Waals surface area contributed by atoms with Crippen molar-refractivity contribution in [2.75, 3.05) is 6.54 Å². The van der Waals surface area contributed by atoms with Crippen LogP contribution in [0.1, 0.15) is 44.6 Å².